The highest BCUT2D eigenvalue weighted by Gasteiger charge is 2.03. The van der Waals surface area contributed by atoms with E-state index in [1.807, 2.05) is 0 Å². The molecule has 0 aliphatic carbocycles. The molecule has 0 unspecified atom stereocenters. The number of rotatable bonds is 2. The van der Waals surface area contributed by atoms with Crippen LogP contribution in [0, 0.1) is 0 Å². The van der Waals surface area contributed by atoms with Crippen molar-refractivity contribution < 1.29 is 14.3 Å². The van der Waals surface area contributed by atoms with E-state index >= 15 is 0 Å². The fourth-order valence-corrected chi connectivity index (χ4v) is 0.686. The van der Waals surface area contributed by atoms with Crippen molar-refractivity contribution in [2.45, 2.75) is 0 Å². The van der Waals surface area contributed by atoms with E-state index in [9.17, 15) is 9.59 Å². The third-order valence-electron chi connectivity index (χ3n) is 1.16. The van der Waals surface area contributed by atoms with E-state index in [-0.39, 0.29) is 18.8 Å². The normalized spacial score (nSPS) is 7.38. The Morgan fingerprint density at radius 1 is 1.15 bits per heavy atom. The Hall–Kier alpha value is -1.72. The van der Waals surface area contributed by atoms with E-state index in [1.165, 1.54) is 0 Å². The molecule has 0 saturated heterocycles. The van der Waals surface area contributed by atoms with Crippen LogP contribution < -0.4 is 12.3 Å². The summed E-state index contributed by atoms with van der Waals surface area (Å²) in [4.78, 5) is 20.5. The van der Waals surface area contributed by atoms with Crippen LogP contribution in [-0.2, 0) is 9.53 Å². The van der Waals surface area contributed by atoms with E-state index in [1.54, 1.807) is 30.3 Å². The summed E-state index contributed by atoms with van der Waals surface area (Å²) in [5.41, 5.74) is 0.375. The maximum absolute atomic E-state index is 10.8. The van der Waals surface area contributed by atoms with Gasteiger partial charge in [-0.25, -0.2) is 4.79 Å². The SMILES string of the molecule is N.N.O=COC(=O)c1ccccc1. The Labute approximate surface area is 75.9 Å². The number of esters is 1. The van der Waals surface area contributed by atoms with Gasteiger partial charge in [-0.05, 0) is 12.1 Å². The predicted molar refractivity (Wildman–Crippen MR) is 48.0 cm³/mol. The first-order valence-electron chi connectivity index (χ1n) is 3.04. The summed E-state index contributed by atoms with van der Waals surface area (Å²) in [5.74, 6) is -0.624. The molecule has 1 aromatic carbocycles. The van der Waals surface area contributed by atoms with Crippen LogP contribution in [0.4, 0.5) is 0 Å². The molecule has 5 heteroatoms. The zero-order valence-corrected chi connectivity index (χ0v) is 7.10. The molecule has 0 saturated carbocycles. The second-order valence-electron chi connectivity index (χ2n) is 1.87. The molecule has 0 amide bonds. The Morgan fingerprint density at radius 3 is 2.15 bits per heavy atom. The van der Waals surface area contributed by atoms with Crippen LogP contribution >= 0.6 is 0 Å². The lowest BCUT2D eigenvalue weighted by molar-refractivity contribution is -0.123. The smallest absolute Gasteiger partial charge is 0.345 e. The highest BCUT2D eigenvalue weighted by atomic mass is 16.6. The molecule has 1 aromatic rings. The van der Waals surface area contributed by atoms with Crippen LogP contribution in [0.25, 0.3) is 0 Å². The average Bonchev–Trinajstić information content (AvgIpc) is 2.07. The number of hydrogen-bond acceptors (Lipinski definition) is 5. The van der Waals surface area contributed by atoms with E-state index in [0.717, 1.165) is 0 Å². The van der Waals surface area contributed by atoms with Gasteiger partial charge < -0.3 is 17.0 Å². The van der Waals surface area contributed by atoms with Crippen molar-refractivity contribution in [1.82, 2.24) is 12.3 Å². The summed E-state index contributed by atoms with van der Waals surface area (Å²) in [6, 6.07) is 8.32. The fraction of sp³-hybridized carbons (Fsp3) is 0. The minimum Gasteiger partial charge on any atom is -0.392 e. The van der Waals surface area contributed by atoms with E-state index in [4.69, 9.17) is 0 Å². The minimum absolute atomic E-state index is 0. The largest absolute Gasteiger partial charge is 0.392 e. The molecule has 0 aliphatic rings. The van der Waals surface area contributed by atoms with Gasteiger partial charge in [0, 0.05) is 0 Å². The quantitative estimate of drug-likeness (QED) is 0.408. The molecule has 5 nitrogen and oxygen atoms in total. The van der Waals surface area contributed by atoms with Crippen molar-refractivity contribution in [1.29, 1.82) is 0 Å². The van der Waals surface area contributed by atoms with Gasteiger partial charge in [0.25, 0.3) is 0 Å². The monoisotopic (exact) mass is 184 g/mol. The van der Waals surface area contributed by atoms with Gasteiger partial charge in [0.2, 0.25) is 0 Å². The van der Waals surface area contributed by atoms with Gasteiger partial charge >= 0.3 is 12.4 Å². The van der Waals surface area contributed by atoms with Crippen molar-refractivity contribution in [3.63, 3.8) is 0 Å². The Bertz CT molecular complexity index is 261. The molecule has 0 radical (unpaired) electrons. The average molecular weight is 184 g/mol. The standard InChI is InChI=1S/C8H6O3.2H3N/c9-6-11-8(10)7-4-2-1-3-5-7;;/h1-6H;2*1H3. The van der Waals surface area contributed by atoms with Crippen LogP contribution in [0.5, 0.6) is 0 Å². The van der Waals surface area contributed by atoms with Crippen LogP contribution in [-0.4, -0.2) is 12.4 Å². The predicted octanol–water partition coefficient (Wildman–Crippen LogP) is 1.32. The van der Waals surface area contributed by atoms with Gasteiger partial charge in [0.05, 0.1) is 5.56 Å². The van der Waals surface area contributed by atoms with Crippen LogP contribution in [0.1, 0.15) is 10.4 Å². The summed E-state index contributed by atoms with van der Waals surface area (Å²) in [5, 5.41) is 0. The van der Waals surface area contributed by atoms with Crippen LogP contribution in [0.2, 0.25) is 0 Å². The van der Waals surface area contributed by atoms with Gasteiger partial charge in [-0.1, -0.05) is 18.2 Å². The second kappa shape index (κ2) is 6.96. The lowest BCUT2D eigenvalue weighted by Crippen LogP contribution is -2.02. The van der Waals surface area contributed by atoms with Gasteiger partial charge in [-0.15, -0.1) is 0 Å². The number of carbonyl (C=O) groups is 2. The number of benzene rings is 1. The van der Waals surface area contributed by atoms with Crippen molar-refractivity contribution >= 4 is 12.4 Å². The van der Waals surface area contributed by atoms with Crippen molar-refractivity contribution in [2.75, 3.05) is 0 Å². The molecule has 13 heavy (non-hydrogen) atoms. The van der Waals surface area contributed by atoms with E-state index < -0.39 is 5.97 Å². The maximum atomic E-state index is 10.8. The Morgan fingerprint density at radius 2 is 1.69 bits per heavy atom. The Kier molecular flexibility index (Phi) is 7.41. The molecule has 0 bridgehead atoms. The topological polar surface area (TPSA) is 113 Å². The Balaban J connectivity index is 0. The molecule has 1 rings (SSSR count). The summed E-state index contributed by atoms with van der Waals surface area (Å²) in [6.07, 6.45) is 0. The minimum atomic E-state index is -0.624. The molecule has 0 fully saturated rings. The van der Waals surface area contributed by atoms with Gasteiger partial charge in [-0.2, -0.15) is 0 Å². The second-order valence-corrected chi connectivity index (χ2v) is 1.87. The van der Waals surface area contributed by atoms with Gasteiger partial charge in [0.15, 0.2) is 0 Å². The molecule has 0 aliphatic heterocycles. The molecule has 0 heterocycles. The number of hydrogen-bond donors (Lipinski definition) is 2. The number of ether oxygens (including phenoxy) is 1. The molecule has 72 valence electrons. The molecular weight excluding hydrogens is 172 g/mol. The van der Waals surface area contributed by atoms with Gasteiger partial charge in [-0.3, -0.25) is 4.79 Å². The van der Waals surface area contributed by atoms with Crippen molar-refractivity contribution in [3.8, 4) is 0 Å². The zero-order valence-electron chi connectivity index (χ0n) is 7.10. The lowest BCUT2D eigenvalue weighted by atomic mass is 10.2. The number of carbonyl (C=O) groups excluding carboxylic acids is 2. The molecular formula is C8H12N2O3. The highest BCUT2D eigenvalue weighted by Crippen LogP contribution is 1.99. The highest BCUT2D eigenvalue weighted by molar-refractivity contribution is 5.92. The molecule has 0 spiro atoms. The first-order valence-corrected chi connectivity index (χ1v) is 3.04. The molecule has 0 aromatic heterocycles. The summed E-state index contributed by atoms with van der Waals surface area (Å²) < 4.78 is 4.11. The third kappa shape index (κ3) is 4.00. The zero-order chi connectivity index (χ0) is 8.10. The first-order chi connectivity index (χ1) is 5.34. The first kappa shape index (κ1) is 13.8. The van der Waals surface area contributed by atoms with Crippen LogP contribution in [0.3, 0.4) is 0 Å². The van der Waals surface area contributed by atoms with E-state index in [2.05, 4.69) is 4.74 Å². The summed E-state index contributed by atoms with van der Waals surface area (Å²) >= 11 is 0. The maximum Gasteiger partial charge on any atom is 0.345 e. The summed E-state index contributed by atoms with van der Waals surface area (Å²) in [6.45, 7) is 0.120. The fourth-order valence-electron chi connectivity index (χ4n) is 0.686. The molecule has 0 atom stereocenters. The lowest BCUT2D eigenvalue weighted by Gasteiger charge is -1.94. The summed E-state index contributed by atoms with van der Waals surface area (Å²) in [7, 11) is 0. The third-order valence-corrected chi connectivity index (χ3v) is 1.16. The van der Waals surface area contributed by atoms with Crippen molar-refractivity contribution in [3.05, 3.63) is 35.9 Å². The van der Waals surface area contributed by atoms with Crippen LogP contribution in [0.15, 0.2) is 30.3 Å². The van der Waals surface area contributed by atoms with E-state index in [0.29, 0.717) is 5.56 Å². The van der Waals surface area contributed by atoms with Gasteiger partial charge in [0.1, 0.15) is 0 Å². The van der Waals surface area contributed by atoms with Crippen molar-refractivity contribution in [2.24, 2.45) is 0 Å². The molecule has 6 N–H and O–H groups in total.